The van der Waals surface area contributed by atoms with E-state index in [-0.39, 0.29) is 6.03 Å². The van der Waals surface area contributed by atoms with E-state index in [0.717, 1.165) is 61.6 Å². The summed E-state index contributed by atoms with van der Waals surface area (Å²) in [7, 11) is 0. The van der Waals surface area contributed by atoms with Gasteiger partial charge in [0.2, 0.25) is 0 Å². The molecule has 2 amide bonds. The summed E-state index contributed by atoms with van der Waals surface area (Å²) in [5.41, 5.74) is 3.95. The molecule has 146 valence electrons. The number of pyridine rings is 1. The number of aryl methyl sites for hydroxylation is 2. The third-order valence-electron chi connectivity index (χ3n) is 5.53. The molecule has 0 spiro atoms. The Kier molecular flexibility index (Phi) is 5.28. The average Bonchev–Trinajstić information content (AvgIpc) is 3.03. The van der Waals surface area contributed by atoms with Crippen LogP contribution in [0.25, 0.3) is 11.2 Å². The predicted molar refractivity (Wildman–Crippen MR) is 111 cm³/mol. The Balaban J connectivity index is 1.43. The summed E-state index contributed by atoms with van der Waals surface area (Å²) in [6, 6.07) is 12.0. The number of imidazole rings is 1. The molecular weight excluding hydrogens is 350 g/mol. The largest absolute Gasteiger partial charge is 0.324 e. The van der Waals surface area contributed by atoms with Crippen molar-refractivity contribution >= 4 is 22.9 Å². The summed E-state index contributed by atoms with van der Waals surface area (Å²) < 4.78 is 2.19. The van der Waals surface area contributed by atoms with Gasteiger partial charge in [-0.1, -0.05) is 19.1 Å². The highest BCUT2D eigenvalue weighted by molar-refractivity contribution is 5.89. The van der Waals surface area contributed by atoms with Gasteiger partial charge in [0.25, 0.3) is 0 Å². The highest BCUT2D eigenvalue weighted by Crippen LogP contribution is 2.22. The van der Waals surface area contributed by atoms with Crippen molar-refractivity contribution in [1.82, 2.24) is 19.4 Å². The topological polar surface area (TPSA) is 63.1 Å². The molecule has 0 aliphatic carbocycles. The smallest absolute Gasteiger partial charge is 0.321 e. The van der Waals surface area contributed by atoms with Gasteiger partial charge in [-0.05, 0) is 61.9 Å². The Morgan fingerprint density at radius 1 is 1.29 bits per heavy atom. The molecule has 6 nitrogen and oxygen atoms in total. The van der Waals surface area contributed by atoms with E-state index >= 15 is 0 Å². The molecule has 0 saturated carbocycles. The number of benzene rings is 1. The van der Waals surface area contributed by atoms with Crippen LogP contribution >= 0.6 is 0 Å². The molecule has 0 radical (unpaired) electrons. The lowest BCUT2D eigenvalue weighted by Crippen LogP contribution is -2.43. The van der Waals surface area contributed by atoms with Crippen molar-refractivity contribution < 1.29 is 4.79 Å². The van der Waals surface area contributed by atoms with Crippen molar-refractivity contribution in [3.8, 4) is 0 Å². The standard InChI is InChI=1S/C22H27N5O/c1-3-17-7-4-9-19(13-17)25-22(28)26-12-6-8-18(14-26)15-27-16(2)24-20-10-5-11-23-21(20)27/h4-5,7,9-11,13,18H,3,6,8,12,14-15H2,1-2H3,(H,25,28). The first-order chi connectivity index (χ1) is 13.6. The first-order valence-corrected chi connectivity index (χ1v) is 10.1. The van der Waals surface area contributed by atoms with Gasteiger partial charge in [0.15, 0.2) is 5.65 Å². The number of fused-ring (bicyclic) bond motifs is 1. The number of rotatable bonds is 4. The van der Waals surface area contributed by atoms with Crippen molar-refractivity contribution in [1.29, 1.82) is 0 Å². The fourth-order valence-electron chi connectivity index (χ4n) is 4.02. The van der Waals surface area contributed by atoms with Gasteiger partial charge in [-0.3, -0.25) is 0 Å². The van der Waals surface area contributed by atoms with Crippen LogP contribution < -0.4 is 5.32 Å². The van der Waals surface area contributed by atoms with Crippen LogP contribution in [0.5, 0.6) is 0 Å². The van der Waals surface area contributed by atoms with Gasteiger partial charge >= 0.3 is 6.03 Å². The van der Waals surface area contributed by atoms with Crippen molar-refractivity contribution in [2.75, 3.05) is 18.4 Å². The lowest BCUT2D eigenvalue weighted by molar-refractivity contribution is 0.170. The molecule has 1 aliphatic rings. The summed E-state index contributed by atoms with van der Waals surface area (Å²) >= 11 is 0. The van der Waals surface area contributed by atoms with Gasteiger partial charge in [0, 0.05) is 31.5 Å². The van der Waals surface area contributed by atoms with E-state index < -0.39 is 0 Å². The zero-order valence-electron chi connectivity index (χ0n) is 16.6. The van der Waals surface area contributed by atoms with E-state index in [0.29, 0.717) is 5.92 Å². The Morgan fingerprint density at radius 3 is 3.04 bits per heavy atom. The number of amides is 2. The fraction of sp³-hybridized carbons (Fsp3) is 0.409. The first kappa shape index (κ1) is 18.5. The summed E-state index contributed by atoms with van der Waals surface area (Å²) in [5.74, 6) is 1.38. The van der Waals surface area contributed by atoms with Gasteiger partial charge in [0.1, 0.15) is 11.3 Å². The Labute approximate surface area is 165 Å². The molecule has 1 N–H and O–H groups in total. The first-order valence-electron chi connectivity index (χ1n) is 10.1. The second-order valence-electron chi connectivity index (χ2n) is 7.55. The number of aromatic nitrogens is 3. The number of nitrogens with zero attached hydrogens (tertiary/aromatic N) is 4. The Morgan fingerprint density at radius 2 is 2.18 bits per heavy atom. The number of urea groups is 1. The molecule has 1 unspecified atom stereocenters. The number of anilines is 1. The van der Waals surface area contributed by atoms with E-state index in [2.05, 4.69) is 32.8 Å². The molecule has 6 heteroatoms. The van der Waals surface area contributed by atoms with Crippen LogP contribution in [0, 0.1) is 12.8 Å². The van der Waals surface area contributed by atoms with E-state index in [1.165, 1.54) is 5.56 Å². The minimum atomic E-state index is -0.0108. The number of carbonyl (C=O) groups excluding carboxylic acids is 1. The van der Waals surface area contributed by atoms with Crippen LogP contribution in [-0.4, -0.2) is 38.6 Å². The van der Waals surface area contributed by atoms with Crippen molar-refractivity contribution in [3.63, 3.8) is 0 Å². The summed E-state index contributed by atoms with van der Waals surface area (Å²) in [4.78, 5) is 23.8. The van der Waals surface area contributed by atoms with Crippen LogP contribution in [0.15, 0.2) is 42.6 Å². The molecule has 4 rings (SSSR count). The molecule has 1 atom stereocenters. The number of likely N-dealkylation sites (tertiary alicyclic amines) is 1. The molecule has 3 aromatic rings. The number of piperidine rings is 1. The molecule has 28 heavy (non-hydrogen) atoms. The predicted octanol–water partition coefficient (Wildman–Crippen LogP) is 4.25. The van der Waals surface area contributed by atoms with Crippen LogP contribution in [-0.2, 0) is 13.0 Å². The summed E-state index contributed by atoms with van der Waals surface area (Å²) in [5, 5.41) is 3.06. The number of nitrogens with one attached hydrogen (secondary N) is 1. The Bertz CT molecular complexity index is 980. The van der Waals surface area contributed by atoms with Crippen molar-refractivity contribution in [2.24, 2.45) is 5.92 Å². The molecular formula is C22H27N5O. The van der Waals surface area contributed by atoms with Gasteiger partial charge < -0.3 is 14.8 Å². The monoisotopic (exact) mass is 377 g/mol. The van der Waals surface area contributed by atoms with E-state index in [9.17, 15) is 4.79 Å². The van der Waals surface area contributed by atoms with Crippen LogP contribution in [0.3, 0.4) is 0 Å². The molecule has 0 bridgehead atoms. The van der Waals surface area contributed by atoms with Crippen LogP contribution in [0.1, 0.15) is 31.2 Å². The van der Waals surface area contributed by atoms with Crippen molar-refractivity contribution in [3.05, 3.63) is 54.0 Å². The number of hydrogen-bond donors (Lipinski definition) is 1. The van der Waals surface area contributed by atoms with Crippen molar-refractivity contribution in [2.45, 2.75) is 39.7 Å². The minimum absolute atomic E-state index is 0.0108. The molecule has 1 aliphatic heterocycles. The molecule has 1 saturated heterocycles. The van der Waals surface area contributed by atoms with E-state index in [1.54, 1.807) is 0 Å². The van der Waals surface area contributed by atoms with Crippen LogP contribution in [0.4, 0.5) is 10.5 Å². The maximum atomic E-state index is 12.8. The third-order valence-corrected chi connectivity index (χ3v) is 5.53. The summed E-state index contributed by atoms with van der Waals surface area (Å²) in [6.45, 7) is 6.54. The van der Waals surface area contributed by atoms with Gasteiger partial charge in [-0.2, -0.15) is 0 Å². The maximum absolute atomic E-state index is 12.8. The minimum Gasteiger partial charge on any atom is -0.324 e. The molecule has 2 aromatic heterocycles. The average molecular weight is 377 g/mol. The van der Waals surface area contributed by atoms with Gasteiger partial charge in [-0.15, -0.1) is 0 Å². The molecule has 1 aromatic carbocycles. The van der Waals surface area contributed by atoms with E-state index in [1.807, 2.05) is 48.4 Å². The molecule has 3 heterocycles. The van der Waals surface area contributed by atoms with Gasteiger partial charge in [-0.25, -0.2) is 14.8 Å². The van der Waals surface area contributed by atoms with E-state index in [4.69, 9.17) is 0 Å². The lowest BCUT2D eigenvalue weighted by Gasteiger charge is -2.33. The SMILES string of the molecule is CCc1cccc(NC(=O)N2CCCC(Cn3c(C)nc4cccnc43)C2)c1. The zero-order valence-corrected chi connectivity index (χ0v) is 16.6. The quantitative estimate of drug-likeness (QED) is 0.739. The molecule has 1 fully saturated rings. The third kappa shape index (κ3) is 3.86. The fourth-order valence-corrected chi connectivity index (χ4v) is 4.02. The second kappa shape index (κ2) is 8.00. The van der Waals surface area contributed by atoms with Crippen LogP contribution in [0.2, 0.25) is 0 Å². The Hall–Kier alpha value is -2.89. The lowest BCUT2D eigenvalue weighted by atomic mass is 9.98. The normalized spacial score (nSPS) is 17.1. The zero-order chi connectivity index (χ0) is 19.5. The number of hydrogen-bond acceptors (Lipinski definition) is 3. The number of carbonyl (C=O) groups is 1. The van der Waals surface area contributed by atoms with Gasteiger partial charge in [0.05, 0.1) is 0 Å². The highest BCUT2D eigenvalue weighted by atomic mass is 16.2. The second-order valence-corrected chi connectivity index (χ2v) is 7.55. The maximum Gasteiger partial charge on any atom is 0.321 e. The highest BCUT2D eigenvalue weighted by Gasteiger charge is 2.25. The summed E-state index contributed by atoms with van der Waals surface area (Å²) in [6.07, 6.45) is 4.90.